The maximum Gasteiger partial charge on any atom is 0.233 e. The molecule has 7 nitrogen and oxygen atoms in total. The molecule has 1 amide bonds. The van der Waals surface area contributed by atoms with Gasteiger partial charge in [-0.25, -0.2) is 0 Å². The highest BCUT2D eigenvalue weighted by atomic mass is 35.5. The number of hydrogen-bond donors (Lipinski definition) is 0. The second-order valence-electron chi connectivity index (χ2n) is 7.49. The number of carbonyl (C=O) groups is 1. The van der Waals surface area contributed by atoms with Crippen LogP contribution in [0.2, 0.25) is 5.02 Å². The molecule has 2 aromatic heterocycles. The van der Waals surface area contributed by atoms with E-state index in [1.807, 2.05) is 58.8 Å². The molecule has 0 unspecified atom stereocenters. The van der Waals surface area contributed by atoms with E-state index in [9.17, 15) is 4.79 Å². The summed E-state index contributed by atoms with van der Waals surface area (Å²) in [6, 6.07) is 15.9. The molecule has 0 saturated heterocycles. The summed E-state index contributed by atoms with van der Waals surface area (Å²) in [6.07, 6.45) is 5.40. The van der Waals surface area contributed by atoms with E-state index in [-0.39, 0.29) is 11.7 Å². The Morgan fingerprint density at radius 3 is 2.75 bits per heavy atom. The van der Waals surface area contributed by atoms with Crippen molar-refractivity contribution in [2.45, 2.75) is 25.2 Å². The zero-order chi connectivity index (χ0) is 22.5. The van der Waals surface area contributed by atoms with Gasteiger partial charge in [-0.3, -0.25) is 14.0 Å². The molecular formula is C23H23ClN6OS. The summed E-state index contributed by atoms with van der Waals surface area (Å²) in [5.41, 5.74) is 4.03. The van der Waals surface area contributed by atoms with Crippen molar-refractivity contribution in [3.8, 4) is 5.69 Å². The highest BCUT2D eigenvalue weighted by molar-refractivity contribution is 7.99. The lowest BCUT2D eigenvalue weighted by Gasteiger charge is -2.16. The van der Waals surface area contributed by atoms with Crippen LogP contribution in [-0.2, 0) is 17.9 Å². The van der Waals surface area contributed by atoms with E-state index in [1.165, 1.54) is 17.3 Å². The Labute approximate surface area is 196 Å². The molecule has 0 aliphatic carbocycles. The van der Waals surface area contributed by atoms with E-state index < -0.39 is 0 Å². The smallest absolute Gasteiger partial charge is 0.233 e. The van der Waals surface area contributed by atoms with Gasteiger partial charge in [0.05, 0.1) is 24.2 Å². The Bertz CT molecular complexity index is 1210. The van der Waals surface area contributed by atoms with Gasteiger partial charge in [0.2, 0.25) is 5.91 Å². The summed E-state index contributed by atoms with van der Waals surface area (Å²) in [5.74, 6) is 0.259. The number of aromatic nitrogens is 5. The lowest BCUT2D eigenvalue weighted by Crippen LogP contribution is -2.27. The summed E-state index contributed by atoms with van der Waals surface area (Å²) >= 11 is 7.59. The van der Waals surface area contributed by atoms with Gasteiger partial charge >= 0.3 is 0 Å². The van der Waals surface area contributed by atoms with Gasteiger partial charge in [0.15, 0.2) is 5.16 Å². The molecule has 0 aliphatic rings. The molecule has 0 aliphatic heterocycles. The summed E-state index contributed by atoms with van der Waals surface area (Å²) in [6.45, 7) is 3.15. The Morgan fingerprint density at radius 2 is 1.97 bits per heavy atom. The average Bonchev–Trinajstić information content (AvgIpc) is 3.44. The predicted molar refractivity (Wildman–Crippen MR) is 126 cm³/mol. The van der Waals surface area contributed by atoms with E-state index in [0.29, 0.717) is 23.3 Å². The molecule has 0 bridgehead atoms. The van der Waals surface area contributed by atoms with Crippen LogP contribution in [0.5, 0.6) is 0 Å². The first-order chi connectivity index (χ1) is 15.5. The summed E-state index contributed by atoms with van der Waals surface area (Å²) < 4.78 is 3.71. The lowest BCUT2D eigenvalue weighted by molar-refractivity contribution is -0.127. The molecule has 0 spiro atoms. The van der Waals surface area contributed by atoms with Gasteiger partial charge in [0.1, 0.15) is 6.33 Å². The quantitative estimate of drug-likeness (QED) is 0.363. The second kappa shape index (κ2) is 10.0. The molecule has 0 N–H and O–H groups in total. The topological polar surface area (TPSA) is 68.8 Å². The van der Waals surface area contributed by atoms with Crippen LogP contribution in [0.25, 0.3) is 5.69 Å². The summed E-state index contributed by atoms with van der Waals surface area (Å²) in [4.78, 5) is 14.4. The molecule has 4 rings (SSSR count). The second-order valence-corrected chi connectivity index (χ2v) is 8.84. The fourth-order valence-corrected chi connectivity index (χ4v) is 4.22. The fraction of sp³-hybridized carbons (Fsp3) is 0.217. The zero-order valence-corrected chi connectivity index (χ0v) is 19.4. The monoisotopic (exact) mass is 466 g/mol. The average molecular weight is 467 g/mol. The zero-order valence-electron chi connectivity index (χ0n) is 17.8. The van der Waals surface area contributed by atoms with E-state index in [0.717, 1.165) is 16.8 Å². The minimum Gasteiger partial charge on any atom is -0.341 e. The third-order valence-corrected chi connectivity index (χ3v) is 6.33. The third kappa shape index (κ3) is 5.38. The largest absolute Gasteiger partial charge is 0.341 e. The molecule has 0 radical (unpaired) electrons. The van der Waals surface area contributed by atoms with Crippen molar-refractivity contribution < 1.29 is 4.79 Å². The molecule has 2 aromatic carbocycles. The lowest BCUT2D eigenvalue weighted by atomic mass is 10.2. The van der Waals surface area contributed by atoms with Crippen molar-refractivity contribution >= 4 is 29.3 Å². The first kappa shape index (κ1) is 22.1. The van der Waals surface area contributed by atoms with Crippen molar-refractivity contribution in [1.29, 1.82) is 0 Å². The van der Waals surface area contributed by atoms with Crippen molar-refractivity contribution in [2.24, 2.45) is 0 Å². The number of halogens is 1. The minimum absolute atomic E-state index is 0.00213. The maximum absolute atomic E-state index is 12.7. The molecule has 4 aromatic rings. The molecule has 9 heteroatoms. The molecule has 2 heterocycles. The van der Waals surface area contributed by atoms with Crippen LogP contribution in [-0.4, -0.2) is 48.2 Å². The highest BCUT2D eigenvalue weighted by Gasteiger charge is 2.15. The van der Waals surface area contributed by atoms with Gasteiger partial charge in [-0.15, -0.1) is 10.2 Å². The SMILES string of the molecule is Cc1ccc(-n2cnnc2SCC(=O)N(C)Cc2cnn(Cc3ccccc3)c2)cc1Cl. The molecule has 0 saturated carbocycles. The normalized spacial score (nSPS) is 11.0. The van der Waals surface area contributed by atoms with E-state index >= 15 is 0 Å². The first-order valence-electron chi connectivity index (χ1n) is 10.1. The summed E-state index contributed by atoms with van der Waals surface area (Å²) in [5, 5.41) is 13.9. The van der Waals surface area contributed by atoms with Crippen LogP contribution < -0.4 is 0 Å². The highest BCUT2D eigenvalue weighted by Crippen LogP contribution is 2.24. The fourth-order valence-electron chi connectivity index (χ4n) is 3.18. The van der Waals surface area contributed by atoms with Crippen molar-refractivity contribution in [2.75, 3.05) is 12.8 Å². The number of aryl methyl sites for hydroxylation is 1. The van der Waals surface area contributed by atoms with Gasteiger partial charge in [-0.1, -0.05) is 59.8 Å². The number of amides is 1. The van der Waals surface area contributed by atoms with Gasteiger partial charge in [0, 0.05) is 30.4 Å². The Morgan fingerprint density at radius 1 is 1.16 bits per heavy atom. The first-order valence-corrected chi connectivity index (χ1v) is 11.4. The van der Waals surface area contributed by atoms with E-state index in [2.05, 4.69) is 27.4 Å². The van der Waals surface area contributed by atoms with E-state index in [4.69, 9.17) is 11.6 Å². The number of hydrogen-bond acceptors (Lipinski definition) is 5. The van der Waals surface area contributed by atoms with Crippen molar-refractivity contribution in [3.63, 3.8) is 0 Å². The number of nitrogens with zero attached hydrogens (tertiary/aromatic N) is 6. The van der Waals surface area contributed by atoms with Gasteiger partial charge < -0.3 is 4.90 Å². The van der Waals surface area contributed by atoms with Crippen LogP contribution in [0, 0.1) is 6.92 Å². The van der Waals surface area contributed by atoms with Gasteiger partial charge in [0.25, 0.3) is 0 Å². The number of benzene rings is 2. The molecule has 0 fully saturated rings. The standard InChI is InChI=1S/C23H23ClN6OS/c1-17-8-9-20(10-21(17)24)30-16-25-27-23(30)32-15-22(31)28(2)12-19-11-26-29(14-19)13-18-6-4-3-5-7-18/h3-11,14,16H,12-13,15H2,1-2H3. The molecule has 164 valence electrons. The molecular weight excluding hydrogens is 444 g/mol. The van der Waals surface area contributed by atoms with Crippen LogP contribution in [0.4, 0.5) is 0 Å². The summed E-state index contributed by atoms with van der Waals surface area (Å²) in [7, 11) is 1.79. The van der Waals surface area contributed by atoms with Crippen LogP contribution in [0.1, 0.15) is 16.7 Å². The van der Waals surface area contributed by atoms with Crippen LogP contribution in [0.15, 0.2) is 72.4 Å². The molecule has 32 heavy (non-hydrogen) atoms. The van der Waals surface area contributed by atoms with Crippen LogP contribution >= 0.6 is 23.4 Å². The Kier molecular flexibility index (Phi) is 6.92. The number of rotatable bonds is 8. The minimum atomic E-state index is 0.00213. The van der Waals surface area contributed by atoms with E-state index in [1.54, 1.807) is 24.5 Å². The van der Waals surface area contributed by atoms with Crippen LogP contribution in [0.3, 0.4) is 0 Å². The van der Waals surface area contributed by atoms with Gasteiger partial charge in [-0.05, 0) is 30.2 Å². The molecule has 0 atom stereocenters. The number of carbonyl (C=O) groups excluding carboxylic acids is 1. The maximum atomic E-state index is 12.7. The predicted octanol–water partition coefficient (Wildman–Crippen LogP) is 4.22. The Hall–Kier alpha value is -3.10. The van der Waals surface area contributed by atoms with Crippen molar-refractivity contribution in [3.05, 3.63) is 89.0 Å². The number of thioether (sulfide) groups is 1. The third-order valence-electron chi connectivity index (χ3n) is 4.99. The van der Waals surface area contributed by atoms with Crippen molar-refractivity contribution in [1.82, 2.24) is 29.4 Å². The Balaban J connectivity index is 1.33. The van der Waals surface area contributed by atoms with Gasteiger partial charge in [-0.2, -0.15) is 5.10 Å².